The topological polar surface area (TPSA) is 85.9 Å². The molecule has 0 unspecified atom stereocenters. The quantitative estimate of drug-likeness (QED) is 0.527. The molecule has 8 heteroatoms. The summed E-state index contributed by atoms with van der Waals surface area (Å²) in [5.41, 5.74) is 0.693. The number of likely N-dealkylation sites (tertiary alicyclic amines) is 1. The molecule has 4 aromatic rings. The lowest BCUT2D eigenvalue weighted by Crippen LogP contribution is -2.40. The van der Waals surface area contributed by atoms with Crippen molar-refractivity contribution in [2.24, 2.45) is 0 Å². The van der Waals surface area contributed by atoms with E-state index in [9.17, 15) is 9.59 Å². The molecular weight excluding hydrogens is 380 g/mol. The third-order valence-corrected chi connectivity index (χ3v) is 5.57. The zero-order chi connectivity index (χ0) is 20.5. The van der Waals surface area contributed by atoms with Crippen LogP contribution in [0.1, 0.15) is 29.4 Å². The van der Waals surface area contributed by atoms with Crippen LogP contribution in [0.3, 0.4) is 0 Å². The van der Waals surface area contributed by atoms with Gasteiger partial charge in [-0.3, -0.25) is 9.59 Å². The molecule has 0 aliphatic carbocycles. The minimum Gasteiger partial charge on any atom is -0.337 e. The molecule has 0 atom stereocenters. The molecule has 1 aliphatic heterocycles. The molecule has 0 spiro atoms. The number of carbonyl (C=O) groups is 1. The smallest absolute Gasteiger partial charge is 0.279 e. The van der Waals surface area contributed by atoms with Crippen LogP contribution in [-0.4, -0.2) is 48.4 Å². The highest BCUT2D eigenvalue weighted by Gasteiger charge is 2.27. The van der Waals surface area contributed by atoms with Crippen molar-refractivity contribution in [3.05, 3.63) is 83.3 Å². The molecule has 1 saturated heterocycles. The van der Waals surface area contributed by atoms with Crippen LogP contribution in [0, 0.1) is 0 Å². The van der Waals surface area contributed by atoms with Gasteiger partial charge in [0, 0.05) is 18.5 Å². The van der Waals surface area contributed by atoms with Crippen LogP contribution in [0.15, 0.2) is 72.0 Å². The normalized spacial score (nSPS) is 14.9. The Morgan fingerprint density at radius 1 is 0.933 bits per heavy atom. The standard InChI is InChI=1S/C22H20N6O2/c29-21-19-9-5-4-8-18(19)20(25-28(21)17-6-2-1-3-7-17)22(30)26-12-10-16(11-13-26)27-15-23-14-24-27/h1-9,14-16H,10-13H2. The molecule has 1 amide bonds. The first-order valence-corrected chi connectivity index (χ1v) is 9.93. The Kier molecular flexibility index (Phi) is 4.59. The predicted octanol–water partition coefficient (Wildman–Crippen LogP) is 2.45. The van der Waals surface area contributed by atoms with Crippen molar-refractivity contribution in [2.45, 2.75) is 18.9 Å². The Hall–Kier alpha value is -3.81. The number of hydrogen-bond acceptors (Lipinski definition) is 5. The van der Waals surface area contributed by atoms with Crippen LogP contribution >= 0.6 is 0 Å². The van der Waals surface area contributed by atoms with Gasteiger partial charge in [0.25, 0.3) is 11.5 Å². The van der Waals surface area contributed by atoms with E-state index in [0.29, 0.717) is 35.2 Å². The van der Waals surface area contributed by atoms with Crippen molar-refractivity contribution in [3.8, 4) is 5.69 Å². The Morgan fingerprint density at radius 2 is 1.63 bits per heavy atom. The second kappa shape index (κ2) is 7.55. The highest BCUT2D eigenvalue weighted by molar-refractivity contribution is 6.04. The number of fused-ring (bicyclic) bond motifs is 1. The third-order valence-electron chi connectivity index (χ3n) is 5.57. The molecule has 5 rings (SSSR count). The van der Waals surface area contributed by atoms with Gasteiger partial charge in [0.05, 0.1) is 17.1 Å². The first-order chi connectivity index (χ1) is 14.7. The summed E-state index contributed by atoms with van der Waals surface area (Å²) in [5, 5.41) is 9.78. The maximum atomic E-state index is 13.4. The number of piperidine rings is 1. The molecule has 3 heterocycles. The highest BCUT2D eigenvalue weighted by atomic mass is 16.2. The lowest BCUT2D eigenvalue weighted by molar-refractivity contribution is 0.0684. The molecule has 0 bridgehead atoms. The summed E-state index contributed by atoms with van der Waals surface area (Å²) < 4.78 is 3.17. The van der Waals surface area contributed by atoms with E-state index in [4.69, 9.17) is 0 Å². The molecule has 2 aromatic heterocycles. The zero-order valence-electron chi connectivity index (χ0n) is 16.3. The fourth-order valence-corrected chi connectivity index (χ4v) is 3.98. The Balaban J connectivity index is 1.51. The van der Waals surface area contributed by atoms with Crippen molar-refractivity contribution >= 4 is 16.7 Å². The lowest BCUT2D eigenvalue weighted by Gasteiger charge is -2.31. The number of aromatic nitrogens is 5. The fraction of sp³-hybridized carbons (Fsp3) is 0.227. The van der Waals surface area contributed by atoms with E-state index in [1.807, 2.05) is 33.8 Å². The molecule has 0 radical (unpaired) electrons. The minimum absolute atomic E-state index is 0.159. The first kappa shape index (κ1) is 18.2. The van der Waals surface area contributed by atoms with Crippen LogP contribution < -0.4 is 5.56 Å². The van der Waals surface area contributed by atoms with Gasteiger partial charge in [-0.1, -0.05) is 36.4 Å². The summed E-state index contributed by atoms with van der Waals surface area (Å²) in [6.45, 7) is 1.20. The summed E-state index contributed by atoms with van der Waals surface area (Å²) in [5.74, 6) is -0.159. The van der Waals surface area contributed by atoms with E-state index in [1.54, 1.807) is 36.7 Å². The van der Waals surface area contributed by atoms with Crippen LogP contribution in [0.5, 0.6) is 0 Å². The monoisotopic (exact) mass is 400 g/mol. The van der Waals surface area contributed by atoms with Crippen molar-refractivity contribution in [1.82, 2.24) is 29.4 Å². The van der Waals surface area contributed by atoms with Gasteiger partial charge in [0.15, 0.2) is 5.69 Å². The van der Waals surface area contributed by atoms with E-state index < -0.39 is 0 Å². The van der Waals surface area contributed by atoms with Gasteiger partial charge in [-0.05, 0) is 31.0 Å². The van der Waals surface area contributed by atoms with Crippen LogP contribution in [-0.2, 0) is 0 Å². The second-order valence-corrected chi connectivity index (χ2v) is 7.35. The average Bonchev–Trinajstić information content (AvgIpc) is 3.35. The van der Waals surface area contributed by atoms with E-state index in [0.717, 1.165) is 12.8 Å². The molecule has 2 aromatic carbocycles. The molecule has 8 nitrogen and oxygen atoms in total. The summed E-state index contributed by atoms with van der Waals surface area (Å²) in [6, 6.07) is 16.6. The molecule has 150 valence electrons. The Morgan fingerprint density at radius 3 is 2.33 bits per heavy atom. The lowest BCUT2D eigenvalue weighted by atomic mass is 10.0. The number of benzene rings is 2. The van der Waals surface area contributed by atoms with Gasteiger partial charge in [0.2, 0.25) is 0 Å². The number of nitrogens with zero attached hydrogens (tertiary/aromatic N) is 6. The number of carbonyl (C=O) groups excluding carboxylic acids is 1. The molecule has 1 fully saturated rings. The van der Waals surface area contributed by atoms with E-state index in [2.05, 4.69) is 15.2 Å². The van der Waals surface area contributed by atoms with Gasteiger partial charge in [-0.2, -0.15) is 14.9 Å². The van der Waals surface area contributed by atoms with Crippen LogP contribution in [0.25, 0.3) is 16.5 Å². The summed E-state index contributed by atoms with van der Waals surface area (Å²) in [6.07, 6.45) is 4.84. The van der Waals surface area contributed by atoms with Crippen LogP contribution in [0.2, 0.25) is 0 Å². The van der Waals surface area contributed by atoms with E-state index in [-0.39, 0.29) is 17.5 Å². The number of rotatable bonds is 3. The fourth-order valence-electron chi connectivity index (χ4n) is 3.98. The maximum absolute atomic E-state index is 13.4. The molecule has 0 N–H and O–H groups in total. The zero-order valence-corrected chi connectivity index (χ0v) is 16.3. The molecule has 30 heavy (non-hydrogen) atoms. The SMILES string of the molecule is O=C(c1nn(-c2ccccc2)c(=O)c2ccccc12)N1CCC(n2cncn2)CC1. The predicted molar refractivity (Wildman–Crippen MR) is 112 cm³/mol. The third kappa shape index (κ3) is 3.16. The van der Waals surface area contributed by atoms with Gasteiger partial charge >= 0.3 is 0 Å². The van der Waals surface area contributed by atoms with E-state index in [1.165, 1.54) is 11.0 Å². The number of para-hydroxylation sites is 1. The second-order valence-electron chi connectivity index (χ2n) is 7.35. The maximum Gasteiger partial charge on any atom is 0.279 e. The average molecular weight is 400 g/mol. The largest absolute Gasteiger partial charge is 0.337 e. The van der Waals surface area contributed by atoms with Gasteiger partial charge < -0.3 is 4.90 Å². The van der Waals surface area contributed by atoms with Gasteiger partial charge in [0.1, 0.15) is 12.7 Å². The van der Waals surface area contributed by atoms with Crippen LogP contribution in [0.4, 0.5) is 0 Å². The van der Waals surface area contributed by atoms with Crippen molar-refractivity contribution in [3.63, 3.8) is 0 Å². The summed E-state index contributed by atoms with van der Waals surface area (Å²) >= 11 is 0. The number of amides is 1. The van der Waals surface area contributed by atoms with Crippen molar-refractivity contribution < 1.29 is 4.79 Å². The van der Waals surface area contributed by atoms with Gasteiger partial charge in [-0.15, -0.1) is 0 Å². The Bertz CT molecular complexity index is 1240. The van der Waals surface area contributed by atoms with Crippen molar-refractivity contribution in [1.29, 1.82) is 0 Å². The molecular formula is C22H20N6O2. The Labute approximate surface area is 172 Å². The van der Waals surface area contributed by atoms with Crippen molar-refractivity contribution in [2.75, 3.05) is 13.1 Å². The molecule has 1 aliphatic rings. The minimum atomic E-state index is -0.238. The summed E-state index contributed by atoms with van der Waals surface area (Å²) in [4.78, 5) is 32.2. The summed E-state index contributed by atoms with van der Waals surface area (Å²) in [7, 11) is 0. The van der Waals surface area contributed by atoms with Gasteiger partial charge in [-0.25, -0.2) is 9.67 Å². The highest BCUT2D eigenvalue weighted by Crippen LogP contribution is 2.24. The molecule has 0 saturated carbocycles. The van der Waals surface area contributed by atoms with E-state index >= 15 is 0 Å². The number of hydrogen-bond donors (Lipinski definition) is 0. The first-order valence-electron chi connectivity index (χ1n) is 9.93.